The van der Waals surface area contributed by atoms with Crippen molar-refractivity contribution in [3.8, 4) is 0 Å². The minimum absolute atomic E-state index is 0.0294. The van der Waals surface area contributed by atoms with Gasteiger partial charge in [-0.15, -0.1) is 11.3 Å². The number of hydrogen-bond acceptors (Lipinski definition) is 5. The van der Waals surface area contributed by atoms with Gasteiger partial charge in [-0.25, -0.2) is 4.98 Å². The molecule has 0 unspecified atom stereocenters. The zero-order valence-electron chi connectivity index (χ0n) is 12.7. The number of hydrogen-bond donors (Lipinski definition) is 1. The Balaban J connectivity index is 1.71. The van der Waals surface area contributed by atoms with E-state index in [1.807, 2.05) is 11.7 Å². The quantitative estimate of drug-likeness (QED) is 0.921. The first-order valence-electron chi connectivity index (χ1n) is 7.53. The lowest BCUT2D eigenvalue weighted by Crippen LogP contribution is -2.23. The third kappa shape index (κ3) is 3.69. The zero-order valence-corrected chi connectivity index (χ0v) is 13.5. The molecule has 22 heavy (non-hydrogen) atoms. The van der Waals surface area contributed by atoms with Crippen LogP contribution < -0.4 is 5.32 Å². The Kier molecular flexibility index (Phi) is 4.80. The van der Waals surface area contributed by atoms with Gasteiger partial charge in [0.25, 0.3) is 0 Å². The maximum Gasteiger partial charge on any atom is 0.217 e. The average molecular weight is 316 g/mol. The van der Waals surface area contributed by atoms with Gasteiger partial charge in [0.05, 0.1) is 23.4 Å². The molecule has 0 radical (unpaired) electrons. The number of aromatic nitrogens is 2. The van der Waals surface area contributed by atoms with Crippen LogP contribution >= 0.6 is 11.3 Å². The van der Waals surface area contributed by atoms with Crippen molar-refractivity contribution in [2.75, 3.05) is 6.54 Å². The van der Waals surface area contributed by atoms with Crippen molar-refractivity contribution in [1.82, 2.24) is 20.2 Å². The maximum atomic E-state index is 11.0. The molecule has 6 heteroatoms. The lowest BCUT2D eigenvalue weighted by atomic mass is 10.0. The summed E-state index contributed by atoms with van der Waals surface area (Å²) in [4.78, 5) is 22.2. The molecule has 116 valence electrons. The topological polar surface area (TPSA) is 58.1 Å². The van der Waals surface area contributed by atoms with E-state index in [9.17, 15) is 4.79 Å². The molecule has 3 heterocycles. The molecule has 3 rings (SSSR count). The molecule has 0 aliphatic carbocycles. The molecular formula is C16H20N4OS. The van der Waals surface area contributed by atoms with E-state index in [1.54, 1.807) is 11.3 Å². The number of carbonyl (C=O) groups excluding carboxylic acids is 1. The van der Waals surface area contributed by atoms with Gasteiger partial charge in [0.1, 0.15) is 0 Å². The van der Waals surface area contributed by atoms with Gasteiger partial charge in [-0.1, -0.05) is 0 Å². The van der Waals surface area contributed by atoms with Gasteiger partial charge in [-0.2, -0.15) is 0 Å². The summed E-state index contributed by atoms with van der Waals surface area (Å²) in [5.74, 6) is -0.0294. The number of nitrogens with zero attached hydrogens (tertiary/aromatic N) is 3. The average Bonchev–Trinajstić information content (AvgIpc) is 3.18. The Morgan fingerprint density at radius 3 is 3.14 bits per heavy atom. The fourth-order valence-corrected chi connectivity index (χ4v) is 3.48. The van der Waals surface area contributed by atoms with E-state index in [0.29, 0.717) is 12.6 Å². The molecule has 1 fully saturated rings. The molecule has 1 aliphatic heterocycles. The number of rotatable bonds is 5. The highest BCUT2D eigenvalue weighted by Gasteiger charge is 2.26. The van der Waals surface area contributed by atoms with E-state index < -0.39 is 0 Å². The molecule has 1 atom stereocenters. The van der Waals surface area contributed by atoms with Crippen molar-refractivity contribution in [3.05, 3.63) is 46.2 Å². The lowest BCUT2D eigenvalue weighted by molar-refractivity contribution is -0.119. The van der Waals surface area contributed by atoms with Crippen LogP contribution in [0, 0.1) is 0 Å². The molecule has 0 bridgehead atoms. The lowest BCUT2D eigenvalue weighted by Gasteiger charge is -2.24. The second-order valence-electron chi connectivity index (χ2n) is 5.60. The second-order valence-corrected chi connectivity index (χ2v) is 6.32. The van der Waals surface area contributed by atoms with E-state index in [2.05, 4.69) is 37.7 Å². The van der Waals surface area contributed by atoms with Crippen LogP contribution in [0.3, 0.4) is 0 Å². The van der Waals surface area contributed by atoms with E-state index in [0.717, 1.165) is 30.9 Å². The summed E-state index contributed by atoms with van der Waals surface area (Å²) in [7, 11) is 0. The minimum atomic E-state index is -0.0294. The summed E-state index contributed by atoms with van der Waals surface area (Å²) in [5.41, 5.74) is 5.22. The smallest absolute Gasteiger partial charge is 0.217 e. The van der Waals surface area contributed by atoms with Crippen molar-refractivity contribution < 1.29 is 4.79 Å². The molecular weight excluding hydrogens is 296 g/mol. The Morgan fingerprint density at radius 2 is 2.36 bits per heavy atom. The summed E-state index contributed by atoms with van der Waals surface area (Å²) in [6, 6.07) is 4.61. The maximum absolute atomic E-state index is 11.0. The first-order chi connectivity index (χ1) is 10.7. The van der Waals surface area contributed by atoms with Crippen LogP contribution in [-0.4, -0.2) is 27.3 Å². The minimum Gasteiger partial charge on any atom is -0.351 e. The molecule has 2 aromatic heterocycles. The van der Waals surface area contributed by atoms with Gasteiger partial charge >= 0.3 is 0 Å². The molecule has 2 aromatic rings. The fourth-order valence-electron chi connectivity index (χ4n) is 2.93. The van der Waals surface area contributed by atoms with Crippen LogP contribution in [0.15, 0.2) is 29.2 Å². The number of pyridine rings is 1. The largest absolute Gasteiger partial charge is 0.351 e. The predicted octanol–water partition coefficient (Wildman–Crippen LogP) is 2.51. The summed E-state index contributed by atoms with van der Waals surface area (Å²) in [5, 5.41) is 4.92. The molecule has 0 saturated carbocycles. The molecule has 0 spiro atoms. The van der Waals surface area contributed by atoms with Gasteiger partial charge in [-0.3, -0.25) is 14.7 Å². The van der Waals surface area contributed by atoms with E-state index in [-0.39, 0.29) is 5.91 Å². The summed E-state index contributed by atoms with van der Waals surface area (Å²) in [6.07, 6.45) is 4.21. The molecule has 5 nitrogen and oxygen atoms in total. The predicted molar refractivity (Wildman–Crippen MR) is 86.3 cm³/mol. The second kappa shape index (κ2) is 6.98. The highest BCUT2D eigenvalue weighted by atomic mass is 32.1. The van der Waals surface area contributed by atoms with Crippen LogP contribution in [0.1, 0.15) is 42.8 Å². The molecule has 1 aliphatic rings. The first kappa shape index (κ1) is 15.1. The molecule has 0 aromatic carbocycles. The summed E-state index contributed by atoms with van der Waals surface area (Å²) < 4.78 is 0. The van der Waals surface area contributed by atoms with Gasteiger partial charge < -0.3 is 5.32 Å². The first-order valence-corrected chi connectivity index (χ1v) is 8.47. The molecule has 1 N–H and O–H groups in total. The van der Waals surface area contributed by atoms with Crippen molar-refractivity contribution in [3.63, 3.8) is 0 Å². The summed E-state index contributed by atoms with van der Waals surface area (Å²) >= 11 is 1.64. The highest BCUT2D eigenvalue weighted by molar-refractivity contribution is 7.07. The normalized spacial score (nSPS) is 18.5. The Bertz CT molecular complexity index is 629. The SMILES string of the molecule is CC(=O)NCc1cc([C@H]2CCCN2Cc2cscn2)ccn1. The van der Waals surface area contributed by atoms with E-state index >= 15 is 0 Å². The van der Waals surface area contributed by atoms with Crippen LogP contribution in [0.2, 0.25) is 0 Å². The number of nitrogens with one attached hydrogen (secondary N) is 1. The van der Waals surface area contributed by atoms with Crippen molar-refractivity contribution in [1.29, 1.82) is 0 Å². The number of amides is 1. The molecule has 1 amide bonds. The van der Waals surface area contributed by atoms with Crippen LogP contribution in [0.25, 0.3) is 0 Å². The van der Waals surface area contributed by atoms with Crippen LogP contribution in [0.5, 0.6) is 0 Å². The third-order valence-electron chi connectivity index (χ3n) is 3.96. The van der Waals surface area contributed by atoms with Crippen molar-refractivity contribution in [2.24, 2.45) is 0 Å². The third-order valence-corrected chi connectivity index (χ3v) is 4.59. The number of thiazole rings is 1. The van der Waals surface area contributed by atoms with Crippen LogP contribution in [-0.2, 0) is 17.9 Å². The Morgan fingerprint density at radius 1 is 1.45 bits per heavy atom. The van der Waals surface area contributed by atoms with E-state index in [1.165, 1.54) is 18.9 Å². The number of carbonyl (C=O) groups is 1. The van der Waals surface area contributed by atoms with Gasteiger partial charge in [-0.05, 0) is 37.1 Å². The van der Waals surface area contributed by atoms with Gasteiger partial charge in [0, 0.05) is 31.1 Å². The highest BCUT2D eigenvalue weighted by Crippen LogP contribution is 2.33. The van der Waals surface area contributed by atoms with Crippen LogP contribution in [0.4, 0.5) is 0 Å². The molecule has 1 saturated heterocycles. The van der Waals surface area contributed by atoms with Crippen molar-refractivity contribution >= 4 is 17.2 Å². The Labute approximate surface area is 134 Å². The van der Waals surface area contributed by atoms with E-state index in [4.69, 9.17) is 0 Å². The van der Waals surface area contributed by atoms with Gasteiger partial charge in [0.15, 0.2) is 0 Å². The fraction of sp³-hybridized carbons (Fsp3) is 0.438. The standard InChI is InChI=1S/C16H20N4OS/c1-12(21)18-8-14-7-13(4-5-17-14)16-3-2-6-20(16)9-15-10-22-11-19-15/h4-5,7,10-11,16H,2-3,6,8-9H2,1H3,(H,18,21)/t16-/m1/s1. The Hall–Kier alpha value is -1.79. The zero-order chi connectivity index (χ0) is 15.4. The monoisotopic (exact) mass is 316 g/mol. The number of likely N-dealkylation sites (tertiary alicyclic amines) is 1. The van der Waals surface area contributed by atoms with Crippen molar-refractivity contribution in [2.45, 2.75) is 38.9 Å². The van der Waals surface area contributed by atoms with Gasteiger partial charge in [0.2, 0.25) is 5.91 Å². The summed E-state index contributed by atoms with van der Waals surface area (Å²) in [6.45, 7) is 4.02.